The Bertz CT molecular complexity index is 819. The van der Waals surface area contributed by atoms with Crippen LogP contribution < -0.4 is 5.32 Å². The van der Waals surface area contributed by atoms with Crippen LogP contribution in [0.5, 0.6) is 0 Å². The van der Waals surface area contributed by atoms with E-state index < -0.39 is 5.97 Å². The molecule has 0 saturated carbocycles. The van der Waals surface area contributed by atoms with E-state index in [-0.39, 0.29) is 24.9 Å². The summed E-state index contributed by atoms with van der Waals surface area (Å²) in [7, 11) is 0. The molecule has 0 aromatic heterocycles. The molecule has 0 unspecified atom stereocenters. The highest BCUT2D eigenvalue weighted by Gasteiger charge is 2.14. The van der Waals surface area contributed by atoms with Crippen molar-refractivity contribution in [2.45, 2.75) is 33.1 Å². The molecule has 2 aromatic rings. The van der Waals surface area contributed by atoms with Gasteiger partial charge in [-0.15, -0.1) is 0 Å². The van der Waals surface area contributed by atoms with E-state index in [0.717, 1.165) is 16.8 Å². The Morgan fingerprint density at radius 3 is 2.50 bits per heavy atom. The maximum atomic E-state index is 12.2. The first-order chi connectivity index (χ1) is 12.3. The standard InChI is InChI=1S/C20H21Cl2NO3/c1-12(2)15-6-4-5-13(3)20(15)23-18(24)11-26-19(25)10-14-7-8-16(21)17(22)9-14/h4-9,12H,10-11H2,1-3H3,(H,23,24). The molecule has 0 atom stereocenters. The molecule has 0 bridgehead atoms. The summed E-state index contributed by atoms with van der Waals surface area (Å²) >= 11 is 11.8. The summed E-state index contributed by atoms with van der Waals surface area (Å²) in [6.45, 7) is 5.70. The number of rotatable bonds is 6. The van der Waals surface area contributed by atoms with Crippen LogP contribution in [0, 0.1) is 6.92 Å². The molecule has 0 saturated heterocycles. The Morgan fingerprint density at radius 2 is 1.85 bits per heavy atom. The number of benzene rings is 2. The Morgan fingerprint density at radius 1 is 1.12 bits per heavy atom. The van der Waals surface area contributed by atoms with Crippen molar-refractivity contribution in [3.8, 4) is 0 Å². The second-order valence-corrected chi connectivity index (χ2v) is 7.14. The minimum Gasteiger partial charge on any atom is -0.455 e. The summed E-state index contributed by atoms with van der Waals surface area (Å²) in [6, 6.07) is 10.8. The van der Waals surface area contributed by atoms with Crippen LogP contribution in [-0.2, 0) is 20.7 Å². The highest BCUT2D eigenvalue weighted by molar-refractivity contribution is 6.42. The van der Waals surface area contributed by atoms with Crippen molar-refractivity contribution in [1.29, 1.82) is 0 Å². The monoisotopic (exact) mass is 393 g/mol. The zero-order chi connectivity index (χ0) is 19.3. The molecular weight excluding hydrogens is 373 g/mol. The summed E-state index contributed by atoms with van der Waals surface area (Å²) in [5, 5.41) is 3.63. The second kappa shape index (κ2) is 9.06. The Hall–Kier alpha value is -2.04. The first kappa shape index (κ1) is 20.3. The molecule has 0 heterocycles. The molecule has 2 rings (SSSR count). The van der Waals surface area contributed by atoms with Crippen molar-refractivity contribution >= 4 is 40.8 Å². The van der Waals surface area contributed by atoms with Crippen LogP contribution in [0.15, 0.2) is 36.4 Å². The lowest BCUT2D eigenvalue weighted by molar-refractivity contribution is -0.146. The minimum absolute atomic E-state index is 0.0196. The number of hydrogen-bond acceptors (Lipinski definition) is 3. The Kier molecular flexibility index (Phi) is 7.06. The number of carbonyl (C=O) groups is 2. The molecule has 2 aromatic carbocycles. The SMILES string of the molecule is Cc1cccc(C(C)C)c1NC(=O)COC(=O)Cc1ccc(Cl)c(Cl)c1. The van der Waals surface area contributed by atoms with Crippen molar-refractivity contribution in [1.82, 2.24) is 0 Å². The van der Waals surface area contributed by atoms with E-state index in [2.05, 4.69) is 19.2 Å². The van der Waals surface area contributed by atoms with E-state index in [9.17, 15) is 9.59 Å². The number of para-hydroxylation sites is 1. The van der Waals surface area contributed by atoms with Crippen LogP contribution >= 0.6 is 23.2 Å². The molecule has 0 radical (unpaired) electrons. The van der Waals surface area contributed by atoms with Crippen molar-refractivity contribution in [3.63, 3.8) is 0 Å². The molecule has 6 heteroatoms. The number of aryl methyl sites for hydroxylation is 1. The minimum atomic E-state index is -0.507. The van der Waals surface area contributed by atoms with Gasteiger partial charge in [0, 0.05) is 5.69 Å². The van der Waals surface area contributed by atoms with Gasteiger partial charge >= 0.3 is 5.97 Å². The molecule has 138 valence electrons. The summed E-state index contributed by atoms with van der Waals surface area (Å²) < 4.78 is 5.06. The highest BCUT2D eigenvalue weighted by atomic mass is 35.5. The van der Waals surface area contributed by atoms with E-state index in [1.165, 1.54) is 0 Å². The zero-order valence-corrected chi connectivity index (χ0v) is 16.4. The van der Waals surface area contributed by atoms with Gasteiger partial charge in [-0.3, -0.25) is 9.59 Å². The first-order valence-electron chi connectivity index (χ1n) is 8.27. The predicted molar refractivity (Wildman–Crippen MR) is 105 cm³/mol. The average molecular weight is 394 g/mol. The van der Waals surface area contributed by atoms with Gasteiger partial charge in [0.25, 0.3) is 5.91 Å². The van der Waals surface area contributed by atoms with Gasteiger partial charge < -0.3 is 10.1 Å². The van der Waals surface area contributed by atoms with Gasteiger partial charge in [0.05, 0.1) is 16.5 Å². The van der Waals surface area contributed by atoms with E-state index in [0.29, 0.717) is 15.6 Å². The predicted octanol–water partition coefficient (Wildman–Crippen LogP) is 5.15. The van der Waals surface area contributed by atoms with Crippen LogP contribution in [0.25, 0.3) is 0 Å². The van der Waals surface area contributed by atoms with Crippen LogP contribution in [0.1, 0.15) is 36.5 Å². The second-order valence-electron chi connectivity index (χ2n) is 6.33. The fourth-order valence-electron chi connectivity index (χ4n) is 2.53. The number of halogens is 2. The van der Waals surface area contributed by atoms with Crippen LogP contribution in [0.4, 0.5) is 5.69 Å². The molecule has 0 aliphatic heterocycles. The number of esters is 1. The van der Waals surface area contributed by atoms with Crippen molar-refractivity contribution in [3.05, 3.63) is 63.1 Å². The molecule has 0 spiro atoms. The first-order valence-corrected chi connectivity index (χ1v) is 9.02. The summed E-state index contributed by atoms with van der Waals surface area (Å²) in [5.41, 5.74) is 3.45. The van der Waals surface area contributed by atoms with Crippen molar-refractivity contribution in [2.24, 2.45) is 0 Å². The molecule has 1 N–H and O–H groups in total. The Balaban J connectivity index is 1.93. The number of nitrogens with one attached hydrogen (secondary N) is 1. The van der Waals surface area contributed by atoms with E-state index in [1.54, 1.807) is 18.2 Å². The normalized spacial score (nSPS) is 10.7. The summed E-state index contributed by atoms with van der Waals surface area (Å²) in [4.78, 5) is 24.1. The van der Waals surface area contributed by atoms with Gasteiger partial charge in [0.1, 0.15) is 0 Å². The smallest absolute Gasteiger partial charge is 0.310 e. The molecule has 0 aliphatic carbocycles. The molecule has 26 heavy (non-hydrogen) atoms. The van der Waals surface area contributed by atoms with Gasteiger partial charge in [-0.05, 0) is 41.7 Å². The van der Waals surface area contributed by atoms with Gasteiger partial charge in [-0.1, -0.05) is 61.3 Å². The largest absolute Gasteiger partial charge is 0.455 e. The maximum absolute atomic E-state index is 12.2. The summed E-state index contributed by atoms with van der Waals surface area (Å²) in [5.74, 6) is -0.613. The molecular formula is C20H21Cl2NO3. The third-order valence-electron chi connectivity index (χ3n) is 3.89. The number of ether oxygens (including phenoxy) is 1. The fraction of sp³-hybridized carbons (Fsp3) is 0.300. The molecule has 1 amide bonds. The van der Waals surface area contributed by atoms with Crippen LogP contribution in [-0.4, -0.2) is 18.5 Å². The highest BCUT2D eigenvalue weighted by Crippen LogP contribution is 2.27. The molecule has 0 fully saturated rings. The van der Waals surface area contributed by atoms with Gasteiger partial charge in [-0.2, -0.15) is 0 Å². The Labute approximate surface area is 163 Å². The lowest BCUT2D eigenvalue weighted by atomic mass is 9.98. The van der Waals surface area contributed by atoms with E-state index in [4.69, 9.17) is 27.9 Å². The quantitative estimate of drug-likeness (QED) is 0.690. The third kappa shape index (κ3) is 5.48. The third-order valence-corrected chi connectivity index (χ3v) is 4.63. The fourth-order valence-corrected chi connectivity index (χ4v) is 2.85. The number of anilines is 1. The summed E-state index contributed by atoms with van der Waals surface area (Å²) in [6.07, 6.45) is 0.0196. The number of amides is 1. The lowest BCUT2D eigenvalue weighted by Gasteiger charge is -2.16. The lowest BCUT2D eigenvalue weighted by Crippen LogP contribution is -2.22. The average Bonchev–Trinajstić information content (AvgIpc) is 2.58. The van der Waals surface area contributed by atoms with Crippen molar-refractivity contribution < 1.29 is 14.3 Å². The van der Waals surface area contributed by atoms with Gasteiger partial charge in [0.15, 0.2) is 6.61 Å². The van der Waals surface area contributed by atoms with E-state index >= 15 is 0 Å². The maximum Gasteiger partial charge on any atom is 0.310 e. The van der Waals surface area contributed by atoms with E-state index in [1.807, 2.05) is 25.1 Å². The molecule has 4 nitrogen and oxygen atoms in total. The molecule has 0 aliphatic rings. The van der Waals surface area contributed by atoms with Crippen molar-refractivity contribution in [2.75, 3.05) is 11.9 Å². The van der Waals surface area contributed by atoms with Gasteiger partial charge in [0.2, 0.25) is 0 Å². The number of carbonyl (C=O) groups excluding carboxylic acids is 2. The van der Waals surface area contributed by atoms with Crippen LogP contribution in [0.2, 0.25) is 10.0 Å². The van der Waals surface area contributed by atoms with Crippen LogP contribution in [0.3, 0.4) is 0 Å². The zero-order valence-electron chi connectivity index (χ0n) is 14.9. The van der Waals surface area contributed by atoms with Gasteiger partial charge in [-0.25, -0.2) is 0 Å². The topological polar surface area (TPSA) is 55.4 Å². The number of hydrogen-bond donors (Lipinski definition) is 1.